The van der Waals surface area contributed by atoms with Crippen LogP contribution in [0.2, 0.25) is 0 Å². The minimum atomic E-state index is -0.161. The van der Waals surface area contributed by atoms with E-state index in [0.29, 0.717) is 48.3 Å². The third kappa shape index (κ3) is 21.1. The lowest BCUT2D eigenvalue weighted by atomic mass is 9.89. The number of rotatable bonds is 17. The van der Waals surface area contributed by atoms with Gasteiger partial charge in [0.05, 0.1) is 13.2 Å². The summed E-state index contributed by atoms with van der Waals surface area (Å²) in [5.41, 5.74) is 12.4. The number of nitrogens with two attached hydrogens (primary N) is 1. The van der Waals surface area contributed by atoms with E-state index in [2.05, 4.69) is 87.1 Å². The van der Waals surface area contributed by atoms with Crippen LogP contribution in [0.15, 0.2) is 76.9 Å². The van der Waals surface area contributed by atoms with E-state index in [9.17, 15) is 4.79 Å². The lowest BCUT2D eigenvalue weighted by molar-refractivity contribution is -0.117. The summed E-state index contributed by atoms with van der Waals surface area (Å²) in [7, 11) is 1.70. The summed E-state index contributed by atoms with van der Waals surface area (Å²) in [4.78, 5) is 22.8. The summed E-state index contributed by atoms with van der Waals surface area (Å²) >= 11 is 0. The highest BCUT2D eigenvalue weighted by molar-refractivity contribution is 6.10. The fourth-order valence-corrected chi connectivity index (χ4v) is 4.72. The zero-order chi connectivity index (χ0) is 42.1. The molecule has 2 atom stereocenters. The van der Waals surface area contributed by atoms with Gasteiger partial charge in [-0.05, 0) is 56.4 Å². The van der Waals surface area contributed by atoms with Crippen LogP contribution >= 0.6 is 0 Å². The fourth-order valence-electron chi connectivity index (χ4n) is 4.72. The van der Waals surface area contributed by atoms with E-state index >= 15 is 0 Å². The van der Waals surface area contributed by atoms with Crippen LogP contribution in [0.1, 0.15) is 133 Å². The molecule has 0 radical (unpaired) electrons. The van der Waals surface area contributed by atoms with Crippen molar-refractivity contribution in [2.75, 3.05) is 39.9 Å². The molecule has 0 bridgehead atoms. The lowest BCUT2D eigenvalue weighted by Gasteiger charge is -2.33. The number of carbonyl (C=O) groups is 1. The molecule has 1 aliphatic heterocycles. The molecule has 2 heterocycles. The summed E-state index contributed by atoms with van der Waals surface area (Å²) < 4.78 is 5.50. The number of allylic oxidation sites excluding steroid dienone is 5. The molecule has 9 nitrogen and oxygen atoms in total. The molecular weight excluding hydrogens is 671 g/mol. The first-order valence-corrected chi connectivity index (χ1v) is 20.3. The maximum Gasteiger partial charge on any atom is 0.251 e. The molecule has 1 saturated heterocycles. The van der Waals surface area contributed by atoms with E-state index in [4.69, 9.17) is 15.9 Å². The number of hydrogen-bond donors (Lipinski definition) is 5. The summed E-state index contributed by atoms with van der Waals surface area (Å²) in [5.74, 6) is -0.0360. The van der Waals surface area contributed by atoms with Gasteiger partial charge in [0, 0.05) is 96.9 Å². The number of aliphatic imine (C=N–C) groups is 1. The summed E-state index contributed by atoms with van der Waals surface area (Å²) in [6.45, 7) is 38.8. The Balaban J connectivity index is -0.00000191. The Kier molecular flexibility index (Phi) is 35.0. The first-order chi connectivity index (χ1) is 25.9. The Bertz CT molecular complexity index is 1340. The van der Waals surface area contributed by atoms with Crippen LogP contribution in [0.25, 0.3) is 11.1 Å². The molecule has 0 aliphatic carbocycles. The SMILES string of the molecule is C=C(N/C(=C/C(=C\C)C(=O)NCCN1CCOCC1C)C(=C)C)/C(C=N)=C(/c1cc(/C(C=NC)=C/N)c[nH]1)C(C)CC.CC.CC.CCCC.CCCC. The lowest BCUT2D eigenvalue weighted by Crippen LogP contribution is -2.46. The van der Waals surface area contributed by atoms with Crippen molar-refractivity contribution in [1.29, 1.82) is 5.41 Å². The molecule has 1 aromatic rings. The van der Waals surface area contributed by atoms with E-state index in [-0.39, 0.29) is 11.8 Å². The molecule has 2 unspecified atom stereocenters. The predicted molar refractivity (Wildman–Crippen MR) is 240 cm³/mol. The van der Waals surface area contributed by atoms with Crippen LogP contribution in [0.4, 0.5) is 0 Å². The van der Waals surface area contributed by atoms with E-state index in [1.165, 1.54) is 38.1 Å². The van der Waals surface area contributed by atoms with Crippen LogP contribution in [0, 0.1) is 11.3 Å². The molecule has 308 valence electrons. The zero-order valence-electron chi connectivity index (χ0n) is 37.0. The van der Waals surface area contributed by atoms with Crippen molar-refractivity contribution >= 4 is 29.5 Å². The minimum absolute atomic E-state index is 0.125. The number of unbranched alkanes of at least 4 members (excludes halogenated alkanes) is 2. The number of ether oxygens (including phenoxy) is 1. The van der Waals surface area contributed by atoms with Gasteiger partial charge in [-0.15, -0.1) is 0 Å². The topological polar surface area (TPSA) is 132 Å². The number of aromatic amines is 1. The standard InChI is InChI=1S/C33H49N7O2.2C4H10.2C2H6/c1-9-23(5)32(31-16-27(20-38-31)28(17-34)19-36-8)29(18-35)25(7)39-30(22(3)4)15-26(10-2)33(41)37-11-12-40-13-14-42-21-24(40)6;2*1-3-4-2;2*1-2/h10,15-20,23-24,35,38-39H,3,7,9,11-14,21,34H2,1-2,4-6,8H3,(H,37,41);2*3-4H2,1-2H3;2*1-2H3/b26-10+,28-17+,30-15+,32-29+,35-18?,36-19?;;;;. The van der Waals surface area contributed by atoms with Crippen molar-refractivity contribution in [1.82, 2.24) is 20.5 Å². The number of aromatic nitrogens is 1. The maximum atomic E-state index is 13.1. The highest BCUT2D eigenvalue weighted by atomic mass is 16.5. The van der Waals surface area contributed by atoms with Crippen molar-refractivity contribution in [2.24, 2.45) is 16.6 Å². The van der Waals surface area contributed by atoms with E-state index in [1.54, 1.807) is 25.4 Å². The molecule has 6 N–H and O–H groups in total. The average molecular weight is 752 g/mol. The smallest absolute Gasteiger partial charge is 0.251 e. The number of nitrogens with zero attached hydrogens (tertiary/aromatic N) is 2. The maximum absolute atomic E-state index is 13.1. The van der Waals surface area contributed by atoms with Crippen LogP contribution < -0.4 is 16.4 Å². The van der Waals surface area contributed by atoms with Crippen LogP contribution in [-0.4, -0.2) is 74.2 Å². The largest absolute Gasteiger partial charge is 0.404 e. The van der Waals surface area contributed by atoms with Gasteiger partial charge in [-0.3, -0.25) is 14.7 Å². The zero-order valence-corrected chi connectivity index (χ0v) is 37.0. The van der Waals surface area contributed by atoms with Gasteiger partial charge >= 0.3 is 0 Å². The van der Waals surface area contributed by atoms with Crippen LogP contribution in [0.5, 0.6) is 0 Å². The molecule has 54 heavy (non-hydrogen) atoms. The monoisotopic (exact) mass is 752 g/mol. The van der Waals surface area contributed by atoms with Crippen LogP contribution in [0.3, 0.4) is 0 Å². The van der Waals surface area contributed by atoms with E-state index in [1.807, 2.05) is 53.8 Å². The van der Waals surface area contributed by atoms with Gasteiger partial charge in [0.1, 0.15) is 0 Å². The molecule has 1 aliphatic rings. The normalized spacial score (nSPS) is 15.7. The number of nitrogens with one attached hydrogen (secondary N) is 4. The Morgan fingerprint density at radius 2 is 1.72 bits per heavy atom. The molecule has 9 heteroatoms. The highest BCUT2D eigenvalue weighted by Crippen LogP contribution is 2.32. The number of morpholine rings is 1. The fraction of sp³-hybridized carbons (Fsp3) is 0.578. The molecule has 2 rings (SSSR count). The van der Waals surface area contributed by atoms with Crippen molar-refractivity contribution in [3.8, 4) is 0 Å². The Hall–Kier alpha value is -3.95. The second-order valence-corrected chi connectivity index (χ2v) is 12.5. The van der Waals surface area contributed by atoms with Crippen molar-refractivity contribution in [3.05, 3.63) is 83.1 Å². The molecular formula is C45H81N7O2. The van der Waals surface area contributed by atoms with Gasteiger partial charge in [-0.2, -0.15) is 0 Å². The Labute approximate surface area is 332 Å². The van der Waals surface area contributed by atoms with E-state index < -0.39 is 0 Å². The third-order valence-corrected chi connectivity index (χ3v) is 8.43. The molecule has 1 aromatic heterocycles. The predicted octanol–water partition coefficient (Wildman–Crippen LogP) is 10.5. The average Bonchev–Trinajstić information content (AvgIpc) is 3.68. The minimum Gasteiger partial charge on any atom is -0.404 e. The van der Waals surface area contributed by atoms with Gasteiger partial charge in [-0.25, -0.2) is 0 Å². The molecule has 0 aromatic carbocycles. The second kappa shape index (κ2) is 34.8. The van der Waals surface area contributed by atoms with Gasteiger partial charge in [0.25, 0.3) is 5.91 Å². The Morgan fingerprint density at radius 1 is 1.13 bits per heavy atom. The summed E-state index contributed by atoms with van der Waals surface area (Å²) in [6.07, 6.45) is 16.1. The van der Waals surface area contributed by atoms with Gasteiger partial charge in [0.2, 0.25) is 0 Å². The molecule has 0 spiro atoms. The number of amides is 1. The first-order valence-electron chi connectivity index (χ1n) is 20.3. The Morgan fingerprint density at radius 3 is 2.17 bits per heavy atom. The molecule has 0 saturated carbocycles. The quantitative estimate of drug-likeness (QED) is 0.0614. The van der Waals surface area contributed by atoms with Crippen molar-refractivity contribution in [2.45, 2.75) is 128 Å². The van der Waals surface area contributed by atoms with Gasteiger partial charge in [-0.1, -0.05) is 114 Å². The number of H-pyrrole nitrogens is 1. The van der Waals surface area contributed by atoms with Crippen molar-refractivity contribution < 1.29 is 9.53 Å². The second-order valence-electron chi connectivity index (χ2n) is 12.5. The van der Waals surface area contributed by atoms with Crippen molar-refractivity contribution in [3.63, 3.8) is 0 Å². The van der Waals surface area contributed by atoms with Crippen LogP contribution in [-0.2, 0) is 9.53 Å². The third-order valence-electron chi connectivity index (χ3n) is 8.43. The first kappa shape index (κ1) is 54.4. The molecule has 1 amide bonds. The molecule has 1 fully saturated rings. The van der Waals surface area contributed by atoms with E-state index in [0.717, 1.165) is 47.5 Å². The summed E-state index contributed by atoms with van der Waals surface area (Å²) in [5, 5.41) is 14.7. The number of carbonyl (C=O) groups excluding carboxylic acids is 1. The number of hydrogen-bond acceptors (Lipinski definition) is 7. The van der Waals surface area contributed by atoms with Gasteiger partial charge < -0.3 is 31.5 Å². The highest BCUT2D eigenvalue weighted by Gasteiger charge is 2.21. The van der Waals surface area contributed by atoms with Gasteiger partial charge in [0.15, 0.2) is 0 Å². The summed E-state index contributed by atoms with van der Waals surface area (Å²) in [6, 6.07) is 2.34.